The Morgan fingerprint density at radius 3 is 2.38 bits per heavy atom. The molecule has 132 valence electrons. The first kappa shape index (κ1) is 20.2. The number of benzene rings is 1. The van der Waals surface area contributed by atoms with Crippen molar-refractivity contribution in [1.29, 1.82) is 0 Å². The van der Waals surface area contributed by atoms with Crippen molar-refractivity contribution in [3.63, 3.8) is 0 Å². The summed E-state index contributed by atoms with van der Waals surface area (Å²) in [5, 5.41) is 0. The third kappa shape index (κ3) is 5.67. The second-order valence-corrected chi connectivity index (χ2v) is 6.35. The lowest BCUT2D eigenvalue weighted by Gasteiger charge is -2.34. The van der Waals surface area contributed by atoms with E-state index in [4.69, 9.17) is 4.74 Å². The van der Waals surface area contributed by atoms with Crippen LogP contribution in [0.5, 0.6) is 0 Å². The van der Waals surface area contributed by atoms with E-state index < -0.39 is 0 Å². The van der Waals surface area contributed by atoms with Crippen LogP contribution in [-0.4, -0.2) is 7.11 Å². The smallest absolute Gasteiger partial charge is 0.123 e. The minimum absolute atomic E-state index is 0.0125. The zero-order chi connectivity index (χ0) is 18.0. The van der Waals surface area contributed by atoms with Crippen LogP contribution in [-0.2, 0) is 10.2 Å². The van der Waals surface area contributed by atoms with Crippen LogP contribution in [0.2, 0.25) is 0 Å². The Hall–Kier alpha value is -1.83. The Labute approximate surface area is 146 Å². The van der Waals surface area contributed by atoms with E-state index in [0.29, 0.717) is 0 Å². The predicted octanol–water partition coefficient (Wildman–Crippen LogP) is 6.72. The lowest BCUT2D eigenvalue weighted by molar-refractivity contribution is 0.293. The highest BCUT2D eigenvalue weighted by Gasteiger charge is 2.30. The molecule has 24 heavy (non-hydrogen) atoms. The van der Waals surface area contributed by atoms with Crippen LogP contribution in [0.15, 0.2) is 60.4 Å². The summed E-state index contributed by atoms with van der Waals surface area (Å²) < 4.78 is 18.6. The maximum atomic E-state index is 13.4. The van der Waals surface area contributed by atoms with Crippen LogP contribution in [0.25, 0.3) is 0 Å². The van der Waals surface area contributed by atoms with E-state index in [9.17, 15) is 4.39 Å². The highest BCUT2D eigenvalue weighted by Crippen LogP contribution is 2.39. The van der Waals surface area contributed by atoms with Gasteiger partial charge in [-0.15, -0.1) is 0 Å². The Kier molecular flexibility index (Phi) is 8.53. The maximum Gasteiger partial charge on any atom is 0.123 e. The fourth-order valence-corrected chi connectivity index (χ4v) is 3.04. The van der Waals surface area contributed by atoms with Gasteiger partial charge in [-0.3, -0.25) is 0 Å². The van der Waals surface area contributed by atoms with Gasteiger partial charge in [0, 0.05) is 0 Å². The summed E-state index contributed by atoms with van der Waals surface area (Å²) in [4.78, 5) is 0. The molecule has 0 heterocycles. The van der Waals surface area contributed by atoms with Crippen molar-refractivity contribution >= 4 is 0 Å². The van der Waals surface area contributed by atoms with E-state index in [1.54, 1.807) is 19.2 Å². The molecule has 2 heteroatoms. The van der Waals surface area contributed by atoms with E-state index >= 15 is 0 Å². The van der Waals surface area contributed by atoms with Gasteiger partial charge in [0.1, 0.15) is 5.82 Å². The number of ether oxygens (including phenoxy) is 1. The highest BCUT2D eigenvalue weighted by molar-refractivity contribution is 5.32. The zero-order valence-corrected chi connectivity index (χ0v) is 15.6. The standard InChI is InChI=1S/C22H31FO/c1-6-9-16-22(8-3,20-12-14-21(23)15-13-20)17-19(7-2)11-10-18(4)24-5/h7,10-15H,2,6,8-9,16-17H2,1,3-5H3/b18-10+,19-11+. The Morgan fingerprint density at radius 2 is 1.88 bits per heavy atom. The molecule has 1 aromatic rings. The molecule has 0 saturated carbocycles. The van der Waals surface area contributed by atoms with Gasteiger partial charge in [0.2, 0.25) is 0 Å². The number of hydrogen-bond acceptors (Lipinski definition) is 1. The maximum absolute atomic E-state index is 13.4. The minimum Gasteiger partial charge on any atom is -0.501 e. The first-order valence-corrected chi connectivity index (χ1v) is 8.81. The van der Waals surface area contributed by atoms with Gasteiger partial charge in [0.25, 0.3) is 0 Å². The van der Waals surface area contributed by atoms with Gasteiger partial charge in [-0.25, -0.2) is 4.39 Å². The van der Waals surface area contributed by atoms with E-state index in [2.05, 4.69) is 26.5 Å². The zero-order valence-electron chi connectivity index (χ0n) is 15.6. The van der Waals surface area contributed by atoms with Gasteiger partial charge in [-0.1, -0.05) is 57.6 Å². The van der Waals surface area contributed by atoms with Crippen molar-refractivity contribution in [2.45, 2.75) is 58.3 Å². The minimum atomic E-state index is -0.183. The summed E-state index contributed by atoms with van der Waals surface area (Å²) in [6.07, 6.45) is 11.3. The van der Waals surface area contributed by atoms with Crippen LogP contribution in [0.1, 0.15) is 58.4 Å². The normalized spacial score (nSPS) is 15.0. The van der Waals surface area contributed by atoms with Gasteiger partial charge in [-0.2, -0.15) is 0 Å². The molecule has 0 aliphatic rings. The van der Waals surface area contributed by atoms with Crippen molar-refractivity contribution < 1.29 is 9.13 Å². The monoisotopic (exact) mass is 330 g/mol. The SMILES string of the molecule is C=C/C(=C\C=C(/C)OC)CC(CC)(CCCC)c1ccc(F)cc1. The number of methoxy groups -OCH3 is 1. The molecular formula is C22H31FO. The summed E-state index contributed by atoms with van der Waals surface area (Å²) >= 11 is 0. The first-order valence-electron chi connectivity index (χ1n) is 8.81. The largest absolute Gasteiger partial charge is 0.501 e. The molecule has 0 aromatic heterocycles. The molecule has 1 nitrogen and oxygen atoms in total. The number of halogens is 1. The summed E-state index contributed by atoms with van der Waals surface area (Å²) in [5.74, 6) is 0.684. The lowest BCUT2D eigenvalue weighted by Crippen LogP contribution is -2.26. The van der Waals surface area contributed by atoms with E-state index in [1.165, 1.54) is 11.1 Å². The average molecular weight is 330 g/mol. The molecule has 0 radical (unpaired) electrons. The van der Waals surface area contributed by atoms with E-state index in [1.807, 2.05) is 31.2 Å². The summed E-state index contributed by atoms with van der Waals surface area (Å²) in [6, 6.07) is 7.01. The van der Waals surface area contributed by atoms with E-state index in [0.717, 1.165) is 37.9 Å². The van der Waals surface area contributed by atoms with Gasteiger partial charge in [0.05, 0.1) is 12.9 Å². The van der Waals surface area contributed by atoms with Crippen molar-refractivity contribution in [3.05, 3.63) is 71.8 Å². The molecule has 0 amide bonds. The molecular weight excluding hydrogens is 299 g/mol. The molecule has 0 saturated heterocycles. The summed E-state index contributed by atoms with van der Waals surface area (Å²) in [5.41, 5.74) is 2.40. The molecule has 1 unspecified atom stereocenters. The van der Waals surface area contributed by atoms with Crippen molar-refractivity contribution in [2.75, 3.05) is 7.11 Å². The van der Waals surface area contributed by atoms with Crippen molar-refractivity contribution in [1.82, 2.24) is 0 Å². The summed E-state index contributed by atoms with van der Waals surface area (Å²) in [6.45, 7) is 10.3. The topological polar surface area (TPSA) is 9.23 Å². The second kappa shape index (κ2) is 10.1. The van der Waals surface area contributed by atoms with Crippen molar-refractivity contribution in [2.24, 2.45) is 0 Å². The van der Waals surface area contributed by atoms with Crippen LogP contribution >= 0.6 is 0 Å². The second-order valence-electron chi connectivity index (χ2n) is 6.35. The number of allylic oxidation sites excluding steroid dienone is 5. The molecule has 1 atom stereocenters. The molecule has 0 bridgehead atoms. The lowest BCUT2D eigenvalue weighted by atomic mass is 9.70. The van der Waals surface area contributed by atoms with Gasteiger partial charge in [0.15, 0.2) is 0 Å². The number of unbranched alkanes of at least 4 members (excludes halogenated alkanes) is 1. The Morgan fingerprint density at radius 1 is 1.21 bits per heavy atom. The molecule has 0 aliphatic carbocycles. The Balaban J connectivity index is 3.20. The van der Waals surface area contributed by atoms with Crippen LogP contribution < -0.4 is 0 Å². The number of hydrogen-bond donors (Lipinski definition) is 0. The molecule has 0 aliphatic heterocycles. The van der Waals surface area contributed by atoms with Gasteiger partial charge in [-0.05, 0) is 60.9 Å². The molecule has 0 N–H and O–H groups in total. The van der Waals surface area contributed by atoms with Crippen molar-refractivity contribution in [3.8, 4) is 0 Å². The fourth-order valence-electron chi connectivity index (χ4n) is 3.04. The predicted molar refractivity (Wildman–Crippen MR) is 102 cm³/mol. The molecule has 1 rings (SSSR count). The Bertz CT molecular complexity index is 568. The van der Waals surface area contributed by atoms with Gasteiger partial charge < -0.3 is 4.74 Å². The molecule has 0 spiro atoms. The molecule has 1 aromatic carbocycles. The fraction of sp³-hybridized carbons (Fsp3) is 0.455. The average Bonchev–Trinajstić information content (AvgIpc) is 2.62. The van der Waals surface area contributed by atoms with Gasteiger partial charge >= 0.3 is 0 Å². The third-order valence-electron chi connectivity index (χ3n) is 4.80. The third-order valence-corrected chi connectivity index (χ3v) is 4.80. The highest BCUT2D eigenvalue weighted by atomic mass is 19.1. The number of rotatable bonds is 10. The first-order chi connectivity index (χ1) is 11.5. The van der Waals surface area contributed by atoms with E-state index in [-0.39, 0.29) is 11.2 Å². The van der Waals surface area contributed by atoms with Crippen LogP contribution in [0.4, 0.5) is 4.39 Å². The van der Waals surface area contributed by atoms with Crippen LogP contribution in [0, 0.1) is 5.82 Å². The molecule has 0 fully saturated rings. The van der Waals surface area contributed by atoms with Crippen LogP contribution in [0.3, 0.4) is 0 Å². The quantitative estimate of drug-likeness (QED) is 0.342. The summed E-state index contributed by atoms with van der Waals surface area (Å²) in [7, 11) is 1.67.